The zero-order chi connectivity index (χ0) is 18.0. The number of aromatic nitrogens is 1. The molecular formula is C21H18N2O2. The number of ether oxygens (including phenoxy) is 1. The lowest BCUT2D eigenvalue weighted by molar-refractivity contribution is 0.416. The molecule has 0 aliphatic carbocycles. The van der Waals surface area contributed by atoms with Gasteiger partial charge in [0, 0.05) is 22.4 Å². The summed E-state index contributed by atoms with van der Waals surface area (Å²) < 4.78 is 5.40. The van der Waals surface area contributed by atoms with Gasteiger partial charge < -0.3 is 9.72 Å². The van der Waals surface area contributed by atoms with Crippen molar-refractivity contribution >= 4 is 0 Å². The molecule has 0 fully saturated rings. The van der Waals surface area contributed by atoms with Gasteiger partial charge in [0.15, 0.2) is 0 Å². The van der Waals surface area contributed by atoms with E-state index >= 15 is 0 Å². The number of aryl methyl sites for hydroxylation is 2. The highest BCUT2D eigenvalue weighted by Crippen LogP contribution is 2.33. The van der Waals surface area contributed by atoms with Gasteiger partial charge in [0.2, 0.25) is 0 Å². The lowest BCUT2D eigenvalue weighted by Crippen LogP contribution is -2.13. The Morgan fingerprint density at radius 3 is 2.44 bits per heavy atom. The Morgan fingerprint density at radius 1 is 1.00 bits per heavy atom. The highest BCUT2D eigenvalue weighted by Gasteiger charge is 2.16. The third-order valence-corrected chi connectivity index (χ3v) is 4.21. The number of pyridine rings is 1. The van der Waals surface area contributed by atoms with Crippen molar-refractivity contribution in [1.82, 2.24) is 4.98 Å². The van der Waals surface area contributed by atoms with Crippen molar-refractivity contribution in [3.63, 3.8) is 0 Å². The van der Waals surface area contributed by atoms with Crippen LogP contribution in [-0.4, -0.2) is 12.1 Å². The number of nitrogens with one attached hydrogen (secondary N) is 1. The second kappa shape index (κ2) is 6.66. The highest BCUT2D eigenvalue weighted by molar-refractivity contribution is 5.79. The van der Waals surface area contributed by atoms with Crippen LogP contribution in [0.5, 0.6) is 5.75 Å². The summed E-state index contributed by atoms with van der Waals surface area (Å²) in [5.74, 6) is 0.621. The van der Waals surface area contributed by atoms with Crippen LogP contribution < -0.4 is 10.3 Å². The van der Waals surface area contributed by atoms with E-state index in [-0.39, 0.29) is 5.56 Å². The van der Waals surface area contributed by atoms with Crippen LogP contribution in [0.3, 0.4) is 0 Å². The van der Waals surface area contributed by atoms with E-state index in [0.717, 1.165) is 22.3 Å². The summed E-state index contributed by atoms with van der Waals surface area (Å²) in [5.41, 5.74) is 4.80. The fourth-order valence-corrected chi connectivity index (χ4v) is 3.01. The number of H-pyrrole nitrogens is 1. The molecule has 0 radical (unpaired) electrons. The molecule has 0 saturated heterocycles. The maximum Gasteiger partial charge on any atom is 0.266 e. The van der Waals surface area contributed by atoms with Crippen molar-refractivity contribution in [2.24, 2.45) is 0 Å². The number of nitriles is 1. The van der Waals surface area contributed by atoms with Crippen LogP contribution in [0.2, 0.25) is 0 Å². The molecule has 4 heteroatoms. The molecule has 0 spiro atoms. The van der Waals surface area contributed by atoms with E-state index in [1.165, 1.54) is 0 Å². The summed E-state index contributed by atoms with van der Waals surface area (Å²) in [5, 5.41) is 9.47. The summed E-state index contributed by atoms with van der Waals surface area (Å²) in [6.45, 7) is 4.03. The summed E-state index contributed by atoms with van der Waals surface area (Å²) in [6, 6.07) is 17.3. The van der Waals surface area contributed by atoms with Crippen LogP contribution in [-0.2, 0) is 0 Å². The maximum atomic E-state index is 12.5. The molecule has 2 aromatic carbocycles. The largest absolute Gasteiger partial charge is 0.496 e. The number of rotatable bonds is 3. The first-order valence-corrected chi connectivity index (χ1v) is 7.93. The second-order valence-electron chi connectivity index (χ2n) is 5.93. The molecule has 3 rings (SSSR count). The summed E-state index contributed by atoms with van der Waals surface area (Å²) in [6.07, 6.45) is 0. The van der Waals surface area contributed by atoms with E-state index in [0.29, 0.717) is 17.0 Å². The Balaban J connectivity index is 2.31. The minimum Gasteiger partial charge on any atom is -0.496 e. The van der Waals surface area contributed by atoms with E-state index in [1.807, 2.05) is 62.4 Å². The standard InChI is InChI=1S/C21H18N2O2/c1-13-8-9-15(14(2)10-13)19-11-17(18(12-22)21(24)23-19)16-6-4-5-7-20(16)25-3/h4-11H,1-3H3,(H,23,24). The number of methoxy groups -OCH3 is 1. The number of hydrogen-bond acceptors (Lipinski definition) is 3. The van der Waals surface area contributed by atoms with Crippen molar-refractivity contribution in [2.45, 2.75) is 13.8 Å². The molecule has 124 valence electrons. The van der Waals surface area contributed by atoms with E-state index in [1.54, 1.807) is 7.11 Å². The van der Waals surface area contributed by atoms with Crippen molar-refractivity contribution in [3.8, 4) is 34.2 Å². The Bertz CT molecular complexity index is 1040. The minimum absolute atomic E-state index is 0.0815. The van der Waals surface area contributed by atoms with E-state index in [9.17, 15) is 10.1 Å². The Labute approximate surface area is 146 Å². The summed E-state index contributed by atoms with van der Waals surface area (Å²) in [7, 11) is 1.57. The molecule has 1 N–H and O–H groups in total. The van der Waals surface area contributed by atoms with E-state index < -0.39 is 5.56 Å². The first-order chi connectivity index (χ1) is 12.0. The number of benzene rings is 2. The van der Waals surface area contributed by atoms with Crippen LogP contribution in [0.4, 0.5) is 0 Å². The Kier molecular flexibility index (Phi) is 4.40. The third-order valence-electron chi connectivity index (χ3n) is 4.21. The molecule has 0 aliphatic heterocycles. The zero-order valence-corrected chi connectivity index (χ0v) is 14.4. The monoisotopic (exact) mass is 330 g/mol. The fourth-order valence-electron chi connectivity index (χ4n) is 3.01. The molecule has 0 saturated carbocycles. The molecule has 0 bridgehead atoms. The molecular weight excluding hydrogens is 312 g/mol. The molecule has 3 aromatic rings. The fraction of sp³-hybridized carbons (Fsp3) is 0.143. The topological polar surface area (TPSA) is 65.9 Å². The second-order valence-corrected chi connectivity index (χ2v) is 5.93. The Hall–Kier alpha value is -3.32. The summed E-state index contributed by atoms with van der Waals surface area (Å²) in [4.78, 5) is 15.3. The molecule has 0 amide bonds. The van der Waals surface area contributed by atoms with E-state index in [4.69, 9.17) is 4.74 Å². The molecule has 1 aromatic heterocycles. The Morgan fingerprint density at radius 2 is 1.76 bits per heavy atom. The number of para-hydroxylation sites is 1. The van der Waals surface area contributed by atoms with Gasteiger partial charge in [-0.05, 0) is 31.5 Å². The molecule has 0 aliphatic rings. The van der Waals surface area contributed by atoms with Crippen LogP contribution in [0.15, 0.2) is 53.3 Å². The van der Waals surface area contributed by atoms with Gasteiger partial charge in [0.05, 0.1) is 7.11 Å². The number of nitrogens with zero attached hydrogens (tertiary/aromatic N) is 1. The van der Waals surface area contributed by atoms with Crippen LogP contribution in [0, 0.1) is 25.2 Å². The van der Waals surface area contributed by atoms with Gasteiger partial charge >= 0.3 is 0 Å². The first-order valence-electron chi connectivity index (χ1n) is 7.93. The predicted octanol–water partition coefficient (Wildman–Crippen LogP) is 4.21. The molecule has 4 nitrogen and oxygen atoms in total. The van der Waals surface area contributed by atoms with Gasteiger partial charge in [-0.2, -0.15) is 5.26 Å². The van der Waals surface area contributed by atoms with Crippen molar-refractivity contribution in [2.75, 3.05) is 7.11 Å². The molecule has 25 heavy (non-hydrogen) atoms. The maximum absolute atomic E-state index is 12.5. The van der Waals surface area contributed by atoms with Crippen LogP contribution in [0.1, 0.15) is 16.7 Å². The van der Waals surface area contributed by atoms with Crippen molar-refractivity contribution in [1.29, 1.82) is 5.26 Å². The smallest absolute Gasteiger partial charge is 0.266 e. The number of aromatic amines is 1. The third kappa shape index (κ3) is 3.05. The normalized spacial score (nSPS) is 10.3. The number of hydrogen-bond donors (Lipinski definition) is 1. The average molecular weight is 330 g/mol. The van der Waals surface area contributed by atoms with Crippen LogP contribution in [0.25, 0.3) is 22.4 Å². The molecule has 0 unspecified atom stereocenters. The van der Waals surface area contributed by atoms with Gasteiger partial charge in [0.25, 0.3) is 5.56 Å². The van der Waals surface area contributed by atoms with Gasteiger partial charge in [0.1, 0.15) is 17.4 Å². The van der Waals surface area contributed by atoms with Gasteiger partial charge in [-0.3, -0.25) is 4.79 Å². The highest BCUT2D eigenvalue weighted by atomic mass is 16.5. The lowest BCUT2D eigenvalue weighted by Gasteiger charge is -2.13. The van der Waals surface area contributed by atoms with Gasteiger partial charge in [-0.1, -0.05) is 42.0 Å². The van der Waals surface area contributed by atoms with Gasteiger partial charge in [-0.15, -0.1) is 0 Å². The van der Waals surface area contributed by atoms with Crippen molar-refractivity contribution in [3.05, 3.63) is 75.6 Å². The zero-order valence-electron chi connectivity index (χ0n) is 14.4. The SMILES string of the molecule is COc1ccccc1-c1cc(-c2ccc(C)cc2C)[nH]c(=O)c1C#N. The van der Waals surface area contributed by atoms with Crippen LogP contribution >= 0.6 is 0 Å². The first kappa shape index (κ1) is 16.5. The quantitative estimate of drug-likeness (QED) is 0.782. The van der Waals surface area contributed by atoms with Gasteiger partial charge in [-0.25, -0.2) is 0 Å². The van der Waals surface area contributed by atoms with Crippen molar-refractivity contribution < 1.29 is 4.74 Å². The minimum atomic E-state index is -0.402. The molecule has 0 atom stereocenters. The lowest BCUT2D eigenvalue weighted by atomic mass is 9.96. The predicted molar refractivity (Wildman–Crippen MR) is 98.7 cm³/mol. The molecule has 1 heterocycles. The average Bonchev–Trinajstić information content (AvgIpc) is 2.61. The summed E-state index contributed by atoms with van der Waals surface area (Å²) >= 11 is 0. The van der Waals surface area contributed by atoms with E-state index in [2.05, 4.69) is 11.1 Å².